The highest BCUT2D eigenvalue weighted by atomic mass is 32.2. The molecule has 1 amide bonds. The van der Waals surface area contributed by atoms with Crippen molar-refractivity contribution < 1.29 is 14.7 Å². The molecule has 0 aliphatic heterocycles. The molecule has 1 aromatic rings. The average Bonchev–Trinajstić information content (AvgIpc) is 2.93. The molecule has 1 fully saturated rings. The number of hydrogen-bond acceptors (Lipinski definition) is 3. The Balaban J connectivity index is 2.02. The summed E-state index contributed by atoms with van der Waals surface area (Å²) in [6.45, 7) is 2.13. The van der Waals surface area contributed by atoms with E-state index in [9.17, 15) is 9.59 Å². The summed E-state index contributed by atoms with van der Waals surface area (Å²) in [5.74, 6) is 0.131. The number of hydrogen-bond donors (Lipinski definition) is 2. The van der Waals surface area contributed by atoms with E-state index in [1.807, 2.05) is 24.3 Å². The van der Waals surface area contributed by atoms with Crippen LogP contribution in [-0.4, -0.2) is 22.7 Å². The normalized spacial score (nSPS) is 16.2. The zero-order valence-corrected chi connectivity index (χ0v) is 14.5. The summed E-state index contributed by atoms with van der Waals surface area (Å²) in [4.78, 5) is 24.7. The Morgan fingerprint density at radius 2 is 1.91 bits per heavy atom. The number of nitrogens with one attached hydrogen (secondary N) is 1. The summed E-state index contributed by atoms with van der Waals surface area (Å²) in [5, 5.41) is 12.1. The van der Waals surface area contributed by atoms with Crippen molar-refractivity contribution in [3.05, 3.63) is 24.3 Å². The van der Waals surface area contributed by atoms with Crippen LogP contribution in [-0.2, 0) is 9.59 Å². The number of amides is 1. The van der Waals surface area contributed by atoms with Crippen molar-refractivity contribution in [3.8, 4) is 0 Å². The summed E-state index contributed by atoms with van der Waals surface area (Å²) in [6.07, 6.45) is 5.16. The largest absolute Gasteiger partial charge is 0.481 e. The highest BCUT2D eigenvalue weighted by Gasteiger charge is 2.38. The number of carboxylic acids is 1. The van der Waals surface area contributed by atoms with E-state index >= 15 is 0 Å². The van der Waals surface area contributed by atoms with Gasteiger partial charge in [-0.05, 0) is 42.6 Å². The molecule has 0 atom stereocenters. The molecule has 0 unspecified atom stereocenters. The maximum absolute atomic E-state index is 12.5. The van der Waals surface area contributed by atoms with Gasteiger partial charge >= 0.3 is 5.97 Å². The second kappa shape index (κ2) is 8.39. The predicted octanol–water partition coefficient (Wildman–Crippen LogP) is 4.55. The maximum Gasteiger partial charge on any atom is 0.303 e. The van der Waals surface area contributed by atoms with Crippen molar-refractivity contribution in [2.75, 3.05) is 11.1 Å². The molecule has 0 heterocycles. The van der Waals surface area contributed by atoms with Crippen LogP contribution in [0.2, 0.25) is 0 Å². The van der Waals surface area contributed by atoms with Gasteiger partial charge in [0.15, 0.2) is 0 Å². The fourth-order valence-electron chi connectivity index (χ4n) is 3.30. The van der Waals surface area contributed by atoms with Crippen LogP contribution in [0, 0.1) is 5.41 Å². The van der Waals surface area contributed by atoms with E-state index in [0.717, 1.165) is 48.4 Å². The molecule has 5 heteroatoms. The lowest BCUT2D eigenvalue weighted by Crippen LogP contribution is -2.27. The first kappa shape index (κ1) is 17.9. The van der Waals surface area contributed by atoms with Crippen LogP contribution >= 0.6 is 11.8 Å². The SMILES string of the molecule is CCCSc1ccccc1NC(=O)CC1(CC(=O)O)CCCC1. The van der Waals surface area contributed by atoms with E-state index in [0.29, 0.717) is 6.42 Å². The first-order chi connectivity index (χ1) is 11.0. The third-order valence-corrected chi connectivity index (χ3v) is 5.63. The van der Waals surface area contributed by atoms with E-state index in [2.05, 4.69) is 12.2 Å². The van der Waals surface area contributed by atoms with Crippen molar-refractivity contribution in [3.63, 3.8) is 0 Å². The number of para-hydroxylation sites is 1. The first-order valence-corrected chi connectivity index (χ1v) is 9.27. The first-order valence-electron chi connectivity index (χ1n) is 8.28. The van der Waals surface area contributed by atoms with Crippen molar-refractivity contribution in [1.29, 1.82) is 0 Å². The molecule has 0 bridgehead atoms. The zero-order valence-electron chi connectivity index (χ0n) is 13.6. The van der Waals surface area contributed by atoms with Crippen LogP contribution in [0.1, 0.15) is 51.9 Å². The summed E-state index contributed by atoms with van der Waals surface area (Å²) in [7, 11) is 0. The smallest absolute Gasteiger partial charge is 0.303 e. The van der Waals surface area contributed by atoms with Gasteiger partial charge in [-0.2, -0.15) is 0 Å². The summed E-state index contributed by atoms with van der Waals surface area (Å²) in [5.41, 5.74) is 0.473. The number of aliphatic carboxylic acids is 1. The summed E-state index contributed by atoms with van der Waals surface area (Å²) >= 11 is 1.73. The van der Waals surface area contributed by atoms with Crippen molar-refractivity contribution in [1.82, 2.24) is 0 Å². The topological polar surface area (TPSA) is 66.4 Å². The van der Waals surface area contributed by atoms with Crippen LogP contribution in [0.4, 0.5) is 5.69 Å². The van der Waals surface area contributed by atoms with Gasteiger partial charge in [-0.3, -0.25) is 9.59 Å². The molecular weight excluding hydrogens is 310 g/mol. The van der Waals surface area contributed by atoms with E-state index in [1.54, 1.807) is 11.8 Å². The monoisotopic (exact) mass is 335 g/mol. The lowest BCUT2D eigenvalue weighted by atomic mass is 9.79. The van der Waals surface area contributed by atoms with Gasteiger partial charge < -0.3 is 10.4 Å². The van der Waals surface area contributed by atoms with Crippen LogP contribution in [0.15, 0.2) is 29.2 Å². The number of carbonyl (C=O) groups excluding carboxylic acids is 1. The quantitative estimate of drug-likeness (QED) is 0.684. The second-order valence-corrected chi connectivity index (χ2v) is 7.48. The molecule has 126 valence electrons. The molecule has 0 saturated heterocycles. The molecule has 2 rings (SSSR count). The Hall–Kier alpha value is -1.49. The minimum Gasteiger partial charge on any atom is -0.481 e. The Morgan fingerprint density at radius 1 is 1.22 bits per heavy atom. The fourth-order valence-corrected chi connectivity index (χ4v) is 4.18. The Bertz CT molecular complexity index is 553. The number of benzene rings is 1. The third kappa shape index (κ3) is 5.27. The fraction of sp³-hybridized carbons (Fsp3) is 0.556. The number of carbonyl (C=O) groups is 2. The van der Waals surface area contributed by atoms with Gasteiger partial charge in [0, 0.05) is 11.3 Å². The number of rotatable bonds is 8. The molecule has 23 heavy (non-hydrogen) atoms. The number of carboxylic acid groups (broad SMARTS) is 1. The lowest BCUT2D eigenvalue weighted by Gasteiger charge is -2.26. The lowest BCUT2D eigenvalue weighted by molar-refractivity contribution is -0.140. The summed E-state index contributed by atoms with van der Waals surface area (Å²) < 4.78 is 0. The maximum atomic E-state index is 12.5. The van der Waals surface area contributed by atoms with E-state index in [-0.39, 0.29) is 17.7 Å². The van der Waals surface area contributed by atoms with Crippen LogP contribution < -0.4 is 5.32 Å². The molecule has 0 aromatic heterocycles. The number of anilines is 1. The van der Waals surface area contributed by atoms with Gasteiger partial charge in [0.25, 0.3) is 0 Å². The van der Waals surface area contributed by atoms with Crippen LogP contribution in [0.3, 0.4) is 0 Å². The van der Waals surface area contributed by atoms with Crippen LogP contribution in [0.25, 0.3) is 0 Å². The Labute approximate surface area is 142 Å². The molecule has 1 saturated carbocycles. The molecule has 4 nitrogen and oxygen atoms in total. The molecule has 1 aliphatic carbocycles. The van der Waals surface area contributed by atoms with Gasteiger partial charge in [0.05, 0.1) is 12.1 Å². The Morgan fingerprint density at radius 3 is 2.57 bits per heavy atom. The molecule has 0 spiro atoms. The zero-order chi connectivity index (χ0) is 16.7. The second-order valence-electron chi connectivity index (χ2n) is 6.35. The van der Waals surface area contributed by atoms with E-state index < -0.39 is 5.97 Å². The standard InChI is InChI=1S/C18H25NO3S/c1-2-11-23-15-8-4-3-7-14(15)19-16(20)12-18(13-17(21)22)9-5-6-10-18/h3-4,7-8H,2,5-6,9-13H2,1H3,(H,19,20)(H,21,22). The van der Waals surface area contributed by atoms with Gasteiger partial charge in [0.2, 0.25) is 5.91 Å². The van der Waals surface area contributed by atoms with E-state index in [1.165, 1.54) is 0 Å². The van der Waals surface area contributed by atoms with E-state index in [4.69, 9.17) is 5.11 Å². The minimum atomic E-state index is -0.807. The summed E-state index contributed by atoms with van der Waals surface area (Å²) in [6, 6.07) is 7.80. The minimum absolute atomic E-state index is 0.0716. The van der Waals surface area contributed by atoms with Crippen molar-refractivity contribution >= 4 is 29.3 Å². The Kier molecular flexibility index (Phi) is 6.51. The number of thioether (sulfide) groups is 1. The average molecular weight is 335 g/mol. The van der Waals surface area contributed by atoms with Gasteiger partial charge in [-0.25, -0.2) is 0 Å². The highest BCUT2D eigenvalue weighted by molar-refractivity contribution is 7.99. The highest BCUT2D eigenvalue weighted by Crippen LogP contribution is 2.44. The van der Waals surface area contributed by atoms with Crippen molar-refractivity contribution in [2.45, 2.75) is 56.8 Å². The molecule has 0 radical (unpaired) electrons. The van der Waals surface area contributed by atoms with Gasteiger partial charge in [0.1, 0.15) is 0 Å². The van der Waals surface area contributed by atoms with Gasteiger partial charge in [-0.15, -0.1) is 11.8 Å². The van der Waals surface area contributed by atoms with Crippen LogP contribution in [0.5, 0.6) is 0 Å². The van der Waals surface area contributed by atoms with Crippen molar-refractivity contribution in [2.24, 2.45) is 5.41 Å². The molecule has 1 aromatic carbocycles. The molecule has 2 N–H and O–H groups in total. The molecule has 1 aliphatic rings. The van der Waals surface area contributed by atoms with Gasteiger partial charge in [-0.1, -0.05) is 31.9 Å². The molecular formula is C18H25NO3S. The predicted molar refractivity (Wildman–Crippen MR) is 93.9 cm³/mol. The third-order valence-electron chi connectivity index (χ3n) is 4.35.